The van der Waals surface area contributed by atoms with Gasteiger partial charge in [0, 0.05) is 18.7 Å². The third kappa shape index (κ3) is 3.45. The summed E-state index contributed by atoms with van der Waals surface area (Å²) < 4.78 is 27.4. The zero-order valence-electron chi connectivity index (χ0n) is 10.8. The number of anilines is 2. The number of nitrogens with one attached hydrogen (secondary N) is 1. The number of nitrogen functional groups attached to an aromatic ring is 1. The Hall–Kier alpha value is -2.13. The van der Waals surface area contributed by atoms with Crippen LogP contribution in [0.15, 0.2) is 27.6 Å². The van der Waals surface area contributed by atoms with Crippen LogP contribution < -0.4 is 16.2 Å². The van der Waals surface area contributed by atoms with Crippen molar-refractivity contribution < 1.29 is 12.9 Å². The average molecular weight is 297 g/mol. The molecule has 0 bridgehead atoms. The van der Waals surface area contributed by atoms with Crippen molar-refractivity contribution in [1.82, 2.24) is 10.1 Å². The molecule has 0 aliphatic carbocycles. The third-order valence-electron chi connectivity index (χ3n) is 2.55. The molecule has 0 fully saturated rings. The summed E-state index contributed by atoms with van der Waals surface area (Å²) >= 11 is 0. The predicted molar refractivity (Wildman–Crippen MR) is 73.5 cm³/mol. The molecule has 8 nitrogen and oxygen atoms in total. The summed E-state index contributed by atoms with van der Waals surface area (Å²) in [6.07, 6.45) is 0.553. The van der Waals surface area contributed by atoms with E-state index in [9.17, 15) is 8.42 Å². The molecule has 0 amide bonds. The molecular formula is C11H15N5O3S. The molecular weight excluding hydrogens is 282 g/mol. The number of aryl methyl sites for hydroxylation is 1. The Morgan fingerprint density at radius 3 is 2.70 bits per heavy atom. The zero-order chi connectivity index (χ0) is 14.8. The SMILES string of the molecule is Cc1noc(CCNc2ccc(S(N)(=O)=O)c(N)c2)n1. The lowest BCUT2D eigenvalue weighted by Crippen LogP contribution is -2.14. The topological polar surface area (TPSA) is 137 Å². The van der Waals surface area contributed by atoms with Crippen molar-refractivity contribution in [2.24, 2.45) is 5.14 Å². The van der Waals surface area contributed by atoms with Gasteiger partial charge in [-0.1, -0.05) is 5.16 Å². The molecule has 1 aromatic carbocycles. The first kappa shape index (κ1) is 14.3. The zero-order valence-corrected chi connectivity index (χ0v) is 11.6. The van der Waals surface area contributed by atoms with Crippen LogP contribution in [0.2, 0.25) is 0 Å². The molecule has 5 N–H and O–H groups in total. The summed E-state index contributed by atoms with van der Waals surface area (Å²) in [7, 11) is -3.80. The molecule has 0 saturated carbocycles. The van der Waals surface area contributed by atoms with Crippen LogP contribution in [-0.2, 0) is 16.4 Å². The first-order valence-electron chi connectivity index (χ1n) is 5.81. The number of nitrogens with two attached hydrogens (primary N) is 2. The van der Waals surface area contributed by atoms with Crippen molar-refractivity contribution in [3.05, 3.63) is 29.9 Å². The van der Waals surface area contributed by atoms with Gasteiger partial charge < -0.3 is 15.6 Å². The Bertz CT molecular complexity index is 711. The van der Waals surface area contributed by atoms with E-state index in [1.165, 1.54) is 12.1 Å². The average Bonchev–Trinajstić information content (AvgIpc) is 2.73. The molecule has 0 saturated heterocycles. The number of hydrogen-bond donors (Lipinski definition) is 3. The highest BCUT2D eigenvalue weighted by Gasteiger charge is 2.12. The molecule has 0 aliphatic heterocycles. The smallest absolute Gasteiger partial charge is 0.240 e. The maximum Gasteiger partial charge on any atom is 0.240 e. The highest BCUT2D eigenvalue weighted by Crippen LogP contribution is 2.21. The van der Waals surface area contributed by atoms with E-state index in [0.717, 1.165) is 0 Å². The molecule has 0 aliphatic rings. The van der Waals surface area contributed by atoms with Gasteiger partial charge in [-0.25, -0.2) is 13.6 Å². The van der Waals surface area contributed by atoms with Gasteiger partial charge in [0.1, 0.15) is 4.90 Å². The number of aromatic nitrogens is 2. The summed E-state index contributed by atoms with van der Waals surface area (Å²) in [6.45, 7) is 2.29. The minimum Gasteiger partial charge on any atom is -0.398 e. The van der Waals surface area contributed by atoms with Crippen LogP contribution in [0.3, 0.4) is 0 Å². The highest BCUT2D eigenvalue weighted by atomic mass is 32.2. The van der Waals surface area contributed by atoms with Crippen LogP contribution in [-0.4, -0.2) is 25.1 Å². The van der Waals surface area contributed by atoms with E-state index in [-0.39, 0.29) is 10.6 Å². The molecule has 108 valence electrons. The van der Waals surface area contributed by atoms with Crippen LogP contribution in [0.1, 0.15) is 11.7 Å². The lowest BCUT2D eigenvalue weighted by Gasteiger charge is -2.08. The summed E-state index contributed by atoms with van der Waals surface area (Å²) in [5.41, 5.74) is 6.44. The second-order valence-corrected chi connectivity index (χ2v) is 5.74. The van der Waals surface area contributed by atoms with Crippen LogP contribution in [0.5, 0.6) is 0 Å². The lowest BCUT2D eigenvalue weighted by molar-refractivity contribution is 0.377. The number of sulfonamides is 1. The van der Waals surface area contributed by atoms with Gasteiger partial charge in [0.25, 0.3) is 0 Å². The Morgan fingerprint density at radius 1 is 1.40 bits per heavy atom. The standard InChI is InChI=1S/C11H15N5O3S/c1-7-15-11(19-16-7)4-5-14-8-2-3-10(9(12)6-8)20(13,17)18/h2-3,6,14H,4-5,12H2,1H3,(H2,13,17,18). The first-order chi connectivity index (χ1) is 9.36. The molecule has 0 radical (unpaired) electrons. The fourth-order valence-corrected chi connectivity index (χ4v) is 2.32. The summed E-state index contributed by atoms with van der Waals surface area (Å²) in [4.78, 5) is 3.98. The van der Waals surface area contributed by atoms with Gasteiger partial charge in [0.15, 0.2) is 5.82 Å². The van der Waals surface area contributed by atoms with Gasteiger partial charge in [-0.15, -0.1) is 0 Å². The van der Waals surface area contributed by atoms with Gasteiger partial charge >= 0.3 is 0 Å². The second-order valence-electron chi connectivity index (χ2n) is 4.21. The maximum absolute atomic E-state index is 11.2. The van der Waals surface area contributed by atoms with Crippen molar-refractivity contribution in [3.8, 4) is 0 Å². The van der Waals surface area contributed by atoms with E-state index in [1.807, 2.05) is 0 Å². The van der Waals surface area contributed by atoms with Crippen molar-refractivity contribution in [2.45, 2.75) is 18.2 Å². The van der Waals surface area contributed by atoms with Gasteiger partial charge in [0.2, 0.25) is 15.9 Å². The normalized spacial score (nSPS) is 11.5. The van der Waals surface area contributed by atoms with Gasteiger partial charge in [-0.3, -0.25) is 0 Å². The molecule has 0 spiro atoms. The molecule has 9 heteroatoms. The Kier molecular flexibility index (Phi) is 3.91. The summed E-state index contributed by atoms with van der Waals surface area (Å²) in [6, 6.07) is 4.47. The van der Waals surface area contributed by atoms with Crippen LogP contribution in [0.25, 0.3) is 0 Å². The van der Waals surface area contributed by atoms with Crippen molar-refractivity contribution in [2.75, 3.05) is 17.6 Å². The van der Waals surface area contributed by atoms with E-state index < -0.39 is 10.0 Å². The van der Waals surface area contributed by atoms with Crippen molar-refractivity contribution in [3.63, 3.8) is 0 Å². The first-order valence-corrected chi connectivity index (χ1v) is 7.36. The fraction of sp³-hybridized carbons (Fsp3) is 0.273. The summed E-state index contributed by atoms with van der Waals surface area (Å²) in [5.74, 6) is 1.12. The number of rotatable bonds is 5. The third-order valence-corrected chi connectivity index (χ3v) is 3.54. The van der Waals surface area contributed by atoms with Gasteiger partial charge in [-0.2, -0.15) is 4.98 Å². The largest absolute Gasteiger partial charge is 0.398 e. The van der Waals surface area contributed by atoms with E-state index in [0.29, 0.717) is 30.4 Å². The van der Waals surface area contributed by atoms with E-state index >= 15 is 0 Å². The molecule has 1 heterocycles. The monoisotopic (exact) mass is 297 g/mol. The lowest BCUT2D eigenvalue weighted by atomic mass is 10.2. The van der Waals surface area contributed by atoms with Crippen molar-refractivity contribution >= 4 is 21.4 Å². The number of primary sulfonamides is 1. The minimum absolute atomic E-state index is 0.0874. The van der Waals surface area contributed by atoms with E-state index in [1.54, 1.807) is 13.0 Å². The molecule has 2 rings (SSSR count). The highest BCUT2D eigenvalue weighted by molar-refractivity contribution is 7.89. The van der Waals surface area contributed by atoms with Crippen LogP contribution in [0.4, 0.5) is 11.4 Å². The van der Waals surface area contributed by atoms with Gasteiger partial charge in [-0.05, 0) is 25.1 Å². The molecule has 20 heavy (non-hydrogen) atoms. The van der Waals surface area contributed by atoms with Crippen LogP contribution in [0, 0.1) is 6.92 Å². The Labute approximate surface area is 116 Å². The number of nitrogens with zero attached hydrogens (tertiary/aromatic N) is 2. The molecule has 0 unspecified atom stereocenters. The molecule has 2 aromatic rings. The fourth-order valence-electron chi connectivity index (χ4n) is 1.67. The maximum atomic E-state index is 11.2. The van der Waals surface area contributed by atoms with Crippen molar-refractivity contribution in [1.29, 1.82) is 0 Å². The molecule has 1 aromatic heterocycles. The number of benzene rings is 1. The Balaban J connectivity index is 1.99. The van der Waals surface area contributed by atoms with E-state index in [2.05, 4.69) is 15.5 Å². The molecule has 0 atom stereocenters. The Morgan fingerprint density at radius 2 is 2.15 bits per heavy atom. The quantitative estimate of drug-likeness (QED) is 0.673. The predicted octanol–water partition coefficient (Wildman–Crippen LogP) is 0.262. The number of hydrogen-bond acceptors (Lipinski definition) is 7. The second kappa shape index (κ2) is 5.47. The minimum atomic E-state index is -3.80. The van der Waals surface area contributed by atoms with E-state index in [4.69, 9.17) is 15.4 Å². The van der Waals surface area contributed by atoms with Gasteiger partial charge in [0.05, 0.1) is 5.69 Å². The van der Waals surface area contributed by atoms with Crippen LogP contribution >= 0.6 is 0 Å². The summed E-state index contributed by atoms with van der Waals surface area (Å²) in [5, 5.41) is 11.8.